The Hall–Kier alpha value is -3.49. The third kappa shape index (κ3) is 5.36. The average molecular weight is 434 g/mol. The van der Waals surface area contributed by atoms with E-state index in [4.69, 9.17) is 14.6 Å². The van der Waals surface area contributed by atoms with E-state index >= 15 is 0 Å². The second kappa shape index (κ2) is 8.33. The Bertz CT molecular complexity index is 1060. The highest BCUT2D eigenvalue weighted by Crippen LogP contribution is 2.31. The van der Waals surface area contributed by atoms with Crippen molar-refractivity contribution >= 4 is 5.97 Å². The summed E-state index contributed by atoms with van der Waals surface area (Å²) in [5.41, 5.74) is -0.241. The van der Waals surface area contributed by atoms with Gasteiger partial charge >= 0.3 is 12.1 Å². The van der Waals surface area contributed by atoms with Crippen LogP contribution in [0.4, 0.5) is 13.2 Å². The first-order valence-electron chi connectivity index (χ1n) is 9.31. The van der Waals surface area contributed by atoms with Crippen LogP contribution in [0.1, 0.15) is 25.1 Å². The van der Waals surface area contributed by atoms with Crippen LogP contribution in [0, 0.1) is 0 Å². The smallest absolute Gasteiger partial charge is 0.416 e. The number of carboxylic acid groups (broad SMARTS) is 1. The number of aromatic nitrogens is 2. The summed E-state index contributed by atoms with van der Waals surface area (Å²) < 4.78 is 50.9. The topological polar surface area (TPSA) is 73.6 Å². The molecule has 0 aliphatic heterocycles. The van der Waals surface area contributed by atoms with Crippen molar-refractivity contribution < 1.29 is 32.5 Å². The van der Waals surface area contributed by atoms with Crippen LogP contribution in [0.2, 0.25) is 0 Å². The van der Waals surface area contributed by atoms with Crippen molar-refractivity contribution in [3.63, 3.8) is 0 Å². The minimum atomic E-state index is -4.38. The number of carbonyl (C=O) groups is 1. The molecule has 3 rings (SSSR count). The van der Waals surface area contributed by atoms with Gasteiger partial charge in [0.25, 0.3) is 0 Å². The number of nitrogens with zero attached hydrogens (tertiary/aromatic N) is 2. The van der Waals surface area contributed by atoms with Gasteiger partial charge in [-0.05, 0) is 56.3 Å². The SMILES string of the molecule is Cn1nc(-c2ccc(C(F)(F)F)cc2)cc1COc1ccc(OC(C)(C)C(=O)O)cc1. The highest BCUT2D eigenvalue weighted by Gasteiger charge is 2.30. The van der Waals surface area contributed by atoms with Crippen LogP contribution < -0.4 is 9.47 Å². The Morgan fingerprint density at radius 2 is 1.61 bits per heavy atom. The lowest BCUT2D eigenvalue weighted by Crippen LogP contribution is -2.37. The second-order valence-corrected chi connectivity index (χ2v) is 7.40. The number of alkyl halides is 3. The molecule has 1 heterocycles. The van der Waals surface area contributed by atoms with Gasteiger partial charge in [0.15, 0.2) is 5.60 Å². The van der Waals surface area contributed by atoms with Crippen LogP contribution in [0.15, 0.2) is 54.6 Å². The van der Waals surface area contributed by atoms with Crippen molar-refractivity contribution in [1.82, 2.24) is 9.78 Å². The maximum atomic E-state index is 12.7. The Morgan fingerprint density at radius 1 is 1.03 bits per heavy atom. The largest absolute Gasteiger partial charge is 0.487 e. The monoisotopic (exact) mass is 434 g/mol. The van der Waals surface area contributed by atoms with Gasteiger partial charge in [-0.1, -0.05) is 12.1 Å². The van der Waals surface area contributed by atoms with Gasteiger partial charge in [0.2, 0.25) is 0 Å². The zero-order valence-corrected chi connectivity index (χ0v) is 17.1. The van der Waals surface area contributed by atoms with Crippen LogP contribution in [0.5, 0.6) is 11.5 Å². The summed E-state index contributed by atoms with van der Waals surface area (Å²) in [7, 11) is 1.72. The molecule has 0 unspecified atom stereocenters. The third-order valence-electron chi connectivity index (χ3n) is 4.58. The molecule has 0 amide bonds. The second-order valence-electron chi connectivity index (χ2n) is 7.40. The molecule has 9 heteroatoms. The number of ether oxygens (including phenoxy) is 2. The van der Waals surface area contributed by atoms with Crippen molar-refractivity contribution in [1.29, 1.82) is 0 Å². The first kappa shape index (κ1) is 22.2. The fourth-order valence-corrected chi connectivity index (χ4v) is 2.71. The molecule has 31 heavy (non-hydrogen) atoms. The van der Waals surface area contributed by atoms with Crippen molar-refractivity contribution in [2.24, 2.45) is 7.05 Å². The van der Waals surface area contributed by atoms with Crippen LogP contribution in [0.3, 0.4) is 0 Å². The van der Waals surface area contributed by atoms with Crippen LogP contribution in [-0.4, -0.2) is 26.5 Å². The van der Waals surface area contributed by atoms with E-state index in [-0.39, 0.29) is 6.61 Å². The zero-order chi connectivity index (χ0) is 22.8. The van der Waals surface area contributed by atoms with Crippen molar-refractivity contribution in [3.8, 4) is 22.8 Å². The highest BCUT2D eigenvalue weighted by molar-refractivity contribution is 5.76. The lowest BCUT2D eigenvalue weighted by atomic mass is 10.1. The normalized spacial score (nSPS) is 11.9. The molecule has 0 saturated carbocycles. The number of rotatable bonds is 7. The van der Waals surface area contributed by atoms with Gasteiger partial charge in [-0.3, -0.25) is 4.68 Å². The fraction of sp³-hybridized carbons (Fsp3) is 0.273. The Balaban J connectivity index is 1.65. The van der Waals surface area contributed by atoms with E-state index in [1.165, 1.54) is 26.0 Å². The minimum absolute atomic E-state index is 0.185. The molecule has 164 valence electrons. The van der Waals surface area contributed by atoms with E-state index < -0.39 is 23.3 Å². The van der Waals surface area contributed by atoms with Crippen LogP contribution in [-0.2, 0) is 24.6 Å². The van der Waals surface area contributed by atoms with E-state index in [0.717, 1.165) is 17.8 Å². The maximum Gasteiger partial charge on any atom is 0.416 e. The quantitative estimate of drug-likeness (QED) is 0.571. The van der Waals surface area contributed by atoms with Crippen LogP contribution >= 0.6 is 0 Å². The van der Waals surface area contributed by atoms with E-state index in [2.05, 4.69) is 5.10 Å². The van der Waals surface area contributed by atoms with E-state index in [9.17, 15) is 18.0 Å². The van der Waals surface area contributed by atoms with Crippen LogP contribution in [0.25, 0.3) is 11.3 Å². The number of aliphatic carboxylic acids is 1. The lowest BCUT2D eigenvalue weighted by molar-refractivity contribution is -0.152. The van der Waals surface area contributed by atoms with Gasteiger partial charge in [-0.15, -0.1) is 0 Å². The van der Waals surface area contributed by atoms with E-state index in [1.54, 1.807) is 42.1 Å². The number of halogens is 3. The molecular weight excluding hydrogens is 413 g/mol. The van der Waals surface area contributed by atoms with Crippen molar-refractivity contribution in [2.75, 3.05) is 0 Å². The molecule has 0 radical (unpaired) electrons. The molecule has 3 aromatic rings. The molecule has 0 spiro atoms. The van der Waals surface area contributed by atoms with Gasteiger partial charge in [0.1, 0.15) is 18.1 Å². The molecule has 0 fully saturated rings. The summed E-state index contributed by atoms with van der Waals surface area (Å²) in [4.78, 5) is 11.1. The molecule has 0 saturated heterocycles. The Labute approximate surface area is 176 Å². The predicted molar refractivity (Wildman–Crippen MR) is 107 cm³/mol. The minimum Gasteiger partial charge on any atom is -0.487 e. The van der Waals surface area contributed by atoms with E-state index in [0.29, 0.717) is 22.8 Å². The van der Waals surface area contributed by atoms with Gasteiger partial charge < -0.3 is 14.6 Å². The highest BCUT2D eigenvalue weighted by atomic mass is 19.4. The summed E-state index contributed by atoms with van der Waals surface area (Å²) in [5, 5.41) is 13.5. The fourth-order valence-electron chi connectivity index (χ4n) is 2.71. The molecule has 0 aliphatic carbocycles. The third-order valence-corrected chi connectivity index (χ3v) is 4.58. The van der Waals surface area contributed by atoms with Gasteiger partial charge in [-0.25, -0.2) is 4.79 Å². The number of hydrogen-bond acceptors (Lipinski definition) is 4. The lowest BCUT2D eigenvalue weighted by Gasteiger charge is -2.21. The molecule has 1 aromatic heterocycles. The van der Waals surface area contributed by atoms with Crippen molar-refractivity contribution in [3.05, 3.63) is 65.9 Å². The Kier molecular flexibility index (Phi) is 5.97. The van der Waals surface area contributed by atoms with Gasteiger partial charge in [0, 0.05) is 12.6 Å². The number of benzene rings is 2. The Morgan fingerprint density at radius 3 is 2.16 bits per heavy atom. The van der Waals surface area contributed by atoms with Gasteiger partial charge in [-0.2, -0.15) is 18.3 Å². The number of aryl methyl sites for hydroxylation is 1. The predicted octanol–water partition coefficient (Wildman–Crippen LogP) is 4.93. The summed E-state index contributed by atoms with van der Waals surface area (Å²) in [6.07, 6.45) is -4.38. The average Bonchev–Trinajstić information content (AvgIpc) is 3.07. The zero-order valence-electron chi connectivity index (χ0n) is 17.1. The summed E-state index contributed by atoms with van der Waals surface area (Å²) in [6.45, 7) is 3.09. The first-order chi connectivity index (χ1) is 14.5. The molecule has 6 nitrogen and oxygen atoms in total. The standard InChI is InChI=1S/C22H21F3N2O4/c1-21(2,20(28)29)31-18-10-8-17(9-11-18)30-13-16-12-19(26-27(16)3)14-4-6-15(7-5-14)22(23,24)25/h4-12H,13H2,1-3H3,(H,28,29). The number of hydrogen-bond donors (Lipinski definition) is 1. The summed E-state index contributed by atoms with van der Waals surface area (Å²) in [6, 6.07) is 13.1. The number of carboxylic acids is 1. The molecule has 0 bridgehead atoms. The van der Waals surface area contributed by atoms with Gasteiger partial charge in [0.05, 0.1) is 17.0 Å². The first-order valence-corrected chi connectivity index (χ1v) is 9.31. The molecule has 0 aliphatic rings. The summed E-state index contributed by atoms with van der Waals surface area (Å²) in [5.74, 6) is -0.143. The molecular formula is C22H21F3N2O4. The van der Waals surface area contributed by atoms with E-state index in [1.807, 2.05) is 0 Å². The summed E-state index contributed by atoms with van der Waals surface area (Å²) >= 11 is 0. The molecule has 0 atom stereocenters. The molecule has 2 aromatic carbocycles. The van der Waals surface area contributed by atoms with Crippen molar-refractivity contribution in [2.45, 2.75) is 32.2 Å². The molecule has 1 N–H and O–H groups in total. The maximum absolute atomic E-state index is 12.7.